The van der Waals surface area contributed by atoms with Crippen molar-refractivity contribution in [3.05, 3.63) is 64.7 Å². The summed E-state index contributed by atoms with van der Waals surface area (Å²) in [6.07, 6.45) is 0. The standard InChI is InChI=1S/C16H11ClFN3O3/c17-10-3-6-12(13(19)7-10)16(22)23-8-14-20-15(24-21-14)9-1-4-11(18)5-2-9/h1-7H,8,19H2. The maximum atomic E-state index is 12.9. The highest BCUT2D eigenvalue weighted by atomic mass is 35.5. The molecule has 0 saturated heterocycles. The maximum Gasteiger partial charge on any atom is 0.340 e. The van der Waals surface area contributed by atoms with Crippen LogP contribution < -0.4 is 5.73 Å². The molecule has 2 aromatic carbocycles. The van der Waals surface area contributed by atoms with Crippen LogP contribution in [-0.2, 0) is 11.3 Å². The molecule has 0 unspecified atom stereocenters. The van der Waals surface area contributed by atoms with Gasteiger partial charge in [-0.1, -0.05) is 16.8 Å². The number of esters is 1. The first-order valence-electron chi connectivity index (χ1n) is 6.83. The van der Waals surface area contributed by atoms with E-state index in [0.717, 1.165) is 0 Å². The van der Waals surface area contributed by atoms with E-state index in [9.17, 15) is 9.18 Å². The topological polar surface area (TPSA) is 91.2 Å². The fourth-order valence-electron chi connectivity index (χ4n) is 1.95. The Labute approximate surface area is 141 Å². The number of hydrogen-bond donors (Lipinski definition) is 1. The number of rotatable bonds is 4. The lowest BCUT2D eigenvalue weighted by Gasteiger charge is -2.05. The van der Waals surface area contributed by atoms with E-state index in [-0.39, 0.29) is 35.4 Å². The SMILES string of the molecule is Nc1cc(Cl)ccc1C(=O)OCc1noc(-c2ccc(F)cc2)n1. The summed E-state index contributed by atoms with van der Waals surface area (Å²) < 4.78 is 23.0. The third-order valence-electron chi connectivity index (χ3n) is 3.13. The molecule has 0 atom stereocenters. The molecule has 3 rings (SSSR count). The summed E-state index contributed by atoms with van der Waals surface area (Å²) in [5, 5.41) is 4.13. The van der Waals surface area contributed by atoms with Crippen LogP contribution in [0.1, 0.15) is 16.2 Å². The van der Waals surface area contributed by atoms with Gasteiger partial charge in [-0.15, -0.1) is 0 Å². The molecule has 0 fully saturated rings. The molecule has 0 amide bonds. The Morgan fingerprint density at radius 3 is 2.71 bits per heavy atom. The Morgan fingerprint density at radius 2 is 2.00 bits per heavy atom. The average molecular weight is 348 g/mol. The van der Waals surface area contributed by atoms with Gasteiger partial charge in [0.15, 0.2) is 6.61 Å². The number of benzene rings is 2. The van der Waals surface area contributed by atoms with E-state index in [0.29, 0.717) is 10.6 Å². The lowest BCUT2D eigenvalue weighted by molar-refractivity contribution is 0.0461. The monoisotopic (exact) mass is 347 g/mol. The molecule has 1 aromatic heterocycles. The molecule has 0 aliphatic rings. The predicted molar refractivity (Wildman–Crippen MR) is 84.7 cm³/mol. The van der Waals surface area contributed by atoms with Crippen LogP contribution in [0.3, 0.4) is 0 Å². The summed E-state index contributed by atoms with van der Waals surface area (Å²) >= 11 is 5.78. The zero-order chi connectivity index (χ0) is 17.1. The van der Waals surface area contributed by atoms with Gasteiger partial charge in [-0.2, -0.15) is 4.98 Å². The molecule has 0 spiro atoms. The van der Waals surface area contributed by atoms with Gasteiger partial charge in [-0.05, 0) is 42.5 Å². The van der Waals surface area contributed by atoms with E-state index >= 15 is 0 Å². The summed E-state index contributed by atoms with van der Waals surface area (Å²) in [4.78, 5) is 16.1. The highest BCUT2D eigenvalue weighted by Crippen LogP contribution is 2.20. The van der Waals surface area contributed by atoms with Crippen molar-refractivity contribution in [1.29, 1.82) is 0 Å². The van der Waals surface area contributed by atoms with Gasteiger partial charge in [0.25, 0.3) is 5.89 Å². The van der Waals surface area contributed by atoms with Gasteiger partial charge in [-0.25, -0.2) is 9.18 Å². The second kappa shape index (κ2) is 6.67. The lowest BCUT2D eigenvalue weighted by atomic mass is 10.2. The van der Waals surface area contributed by atoms with Crippen molar-refractivity contribution in [2.24, 2.45) is 0 Å². The Morgan fingerprint density at radius 1 is 1.25 bits per heavy atom. The summed E-state index contributed by atoms with van der Waals surface area (Å²) in [6, 6.07) is 10.0. The number of nitrogen functional groups attached to an aromatic ring is 1. The molecule has 0 radical (unpaired) electrons. The van der Waals surface area contributed by atoms with Crippen molar-refractivity contribution in [3.8, 4) is 11.5 Å². The minimum Gasteiger partial charge on any atom is -0.454 e. The Balaban J connectivity index is 1.67. The van der Waals surface area contributed by atoms with E-state index in [1.165, 1.54) is 42.5 Å². The molecule has 24 heavy (non-hydrogen) atoms. The van der Waals surface area contributed by atoms with E-state index in [1.807, 2.05) is 0 Å². The Kier molecular flexibility index (Phi) is 4.43. The maximum absolute atomic E-state index is 12.9. The zero-order valence-corrected chi connectivity index (χ0v) is 13.0. The average Bonchev–Trinajstić information content (AvgIpc) is 3.02. The number of hydrogen-bond acceptors (Lipinski definition) is 6. The largest absolute Gasteiger partial charge is 0.454 e. The molecule has 2 N–H and O–H groups in total. The minimum atomic E-state index is -0.628. The second-order valence-corrected chi connectivity index (χ2v) is 5.27. The summed E-state index contributed by atoms with van der Waals surface area (Å²) in [5.74, 6) is -0.618. The van der Waals surface area contributed by atoms with Gasteiger partial charge in [0.2, 0.25) is 5.82 Å². The number of ether oxygens (including phenoxy) is 1. The van der Waals surface area contributed by atoms with E-state index in [4.69, 9.17) is 26.6 Å². The fraction of sp³-hybridized carbons (Fsp3) is 0.0625. The van der Waals surface area contributed by atoms with Crippen molar-refractivity contribution < 1.29 is 18.4 Å². The quantitative estimate of drug-likeness (QED) is 0.574. The lowest BCUT2D eigenvalue weighted by Crippen LogP contribution is -2.08. The smallest absolute Gasteiger partial charge is 0.340 e. The van der Waals surface area contributed by atoms with Crippen LogP contribution in [0.2, 0.25) is 5.02 Å². The van der Waals surface area contributed by atoms with Gasteiger partial charge < -0.3 is 15.0 Å². The first kappa shape index (κ1) is 15.9. The van der Waals surface area contributed by atoms with Crippen molar-refractivity contribution in [2.75, 3.05) is 5.73 Å². The molecular weight excluding hydrogens is 337 g/mol. The fourth-order valence-corrected chi connectivity index (χ4v) is 2.13. The van der Waals surface area contributed by atoms with Crippen LogP contribution in [0, 0.1) is 5.82 Å². The van der Waals surface area contributed by atoms with Crippen LogP contribution in [0.15, 0.2) is 47.0 Å². The van der Waals surface area contributed by atoms with Crippen LogP contribution in [0.5, 0.6) is 0 Å². The van der Waals surface area contributed by atoms with Crippen molar-refractivity contribution in [3.63, 3.8) is 0 Å². The van der Waals surface area contributed by atoms with E-state index in [2.05, 4.69) is 10.1 Å². The van der Waals surface area contributed by atoms with Crippen LogP contribution >= 0.6 is 11.6 Å². The Bertz CT molecular complexity index is 881. The predicted octanol–water partition coefficient (Wildman–Crippen LogP) is 3.47. The molecule has 8 heteroatoms. The zero-order valence-electron chi connectivity index (χ0n) is 12.2. The van der Waals surface area contributed by atoms with Crippen molar-refractivity contribution in [1.82, 2.24) is 10.1 Å². The Hall–Kier alpha value is -2.93. The molecule has 0 saturated carbocycles. The van der Waals surface area contributed by atoms with E-state index < -0.39 is 5.97 Å². The number of carbonyl (C=O) groups excluding carboxylic acids is 1. The molecule has 3 aromatic rings. The first-order chi connectivity index (χ1) is 11.5. The van der Waals surface area contributed by atoms with E-state index in [1.54, 1.807) is 0 Å². The molecule has 0 aliphatic heterocycles. The van der Waals surface area contributed by atoms with Gasteiger partial charge in [0.05, 0.1) is 5.56 Å². The normalized spacial score (nSPS) is 10.6. The molecule has 1 heterocycles. The number of halogens is 2. The second-order valence-electron chi connectivity index (χ2n) is 4.83. The minimum absolute atomic E-state index is 0.176. The third kappa shape index (κ3) is 3.52. The van der Waals surface area contributed by atoms with Gasteiger partial charge >= 0.3 is 5.97 Å². The highest BCUT2D eigenvalue weighted by molar-refractivity contribution is 6.31. The molecule has 122 valence electrons. The number of nitrogens with zero attached hydrogens (tertiary/aromatic N) is 2. The summed E-state index contributed by atoms with van der Waals surface area (Å²) in [5.41, 5.74) is 6.69. The van der Waals surface area contributed by atoms with Crippen molar-refractivity contribution in [2.45, 2.75) is 6.61 Å². The third-order valence-corrected chi connectivity index (χ3v) is 3.36. The van der Waals surface area contributed by atoms with Gasteiger partial charge in [-0.3, -0.25) is 0 Å². The number of carbonyl (C=O) groups is 1. The number of aromatic nitrogens is 2. The number of anilines is 1. The van der Waals surface area contributed by atoms with Gasteiger partial charge in [0.1, 0.15) is 5.82 Å². The molecule has 0 bridgehead atoms. The van der Waals surface area contributed by atoms with Crippen LogP contribution in [-0.4, -0.2) is 16.1 Å². The molecule has 6 nitrogen and oxygen atoms in total. The molecular formula is C16H11ClFN3O3. The van der Waals surface area contributed by atoms with Gasteiger partial charge in [0, 0.05) is 16.3 Å². The summed E-state index contributed by atoms with van der Waals surface area (Å²) in [6.45, 7) is -0.189. The molecule has 0 aliphatic carbocycles. The summed E-state index contributed by atoms with van der Waals surface area (Å²) in [7, 11) is 0. The van der Waals surface area contributed by atoms with Crippen LogP contribution in [0.4, 0.5) is 10.1 Å². The number of nitrogens with two attached hydrogens (primary N) is 1. The first-order valence-corrected chi connectivity index (χ1v) is 7.21. The highest BCUT2D eigenvalue weighted by Gasteiger charge is 2.14. The van der Waals surface area contributed by atoms with Crippen LogP contribution in [0.25, 0.3) is 11.5 Å². The van der Waals surface area contributed by atoms with Crippen molar-refractivity contribution >= 4 is 23.3 Å².